The summed E-state index contributed by atoms with van der Waals surface area (Å²) in [6.45, 7) is 1.88. The number of aromatic nitrogens is 2. The molecule has 0 atom stereocenters. The van der Waals surface area contributed by atoms with Crippen LogP contribution in [0.1, 0.15) is 40.0 Å². The average molecular weight is 488 g/mol. The summed E-state index contributed by atoms with van der Waals surface area (Å²) >= 11 is 0. The number of rotatable bonds is 4. The van der Waals surface area contributed by atoms with E-state index in [2.05, 4.69) is 21.3 Å². The van der Waals surface area contributed by atoms with Crippen LogP contribution in [0.3, 0.4) is 0 Å². The van der Waals surface area contributed by atoms with Crippen molar-refractivity contribution in [2.24, 2.45) is 0 Å². The highest BCUT2D eigenvalue weighted by Gasteiger charge is 2.33. The molecule has 7 rings (SSSR count). The molecule has 1 saturated heterocycles. The van der Waals surface area contributed by atoms with Gasteiger partial charge in [0.25, 0.3) is 11.8 Å². The Hall–Kier alpha value is -4.65. The first-order valence-electron chi connectivity index (χ1n) is 12.7. The van der Waals surface area contributed by atoms with E-state index in [1.54, 1.807) is 6.07 Å². The lowest BCUT2D eigenvalue weighted by Gasteiger charge is -2.34. The number of aromatic amines is 1. The third kappa shape index (κ3) is 3.46. The number of fused-ring (bicyclic) bond motifs is 1. The molecular weight excluding hydrogens is 462 g/mol. The minimum absolute atomic E-state index is 0.361. The van der Waals surface area contributed by atoms with Gasteiger partial charge in [-0.15, -0.1) is 0 Å². The second-order valence-corrected chi connectivity index (χ2v) is 9.60. The van der Waals surface area contributed by atoms with Crippen LogP contribution in [0, 0.1) is 0 Å². The number of benzene rings is 4. The van der Waals surface area contributed by atoms with Gasteiger partial charge in [-0.05, 0) is 55.7 Å². The van der Waals surface area contributed by atoms with Crippen molar-refractivity contribution in [2.75, 3.05) is 22.9 Å². The Kier molecular flexibility index (Phi) is 4.96. The maximum atomic E-state index is 13.5. The van der Waals surface area contributed by atoms with Crippen molar-refractivity contribution in [1.29, 1.82) is 0 Å². The van der Waals surface area contributed by atoms with Gasteiger partial charge in [-0.1, -0.05) is 42.5 Å². The molecule has 4 aromatic carbocycles. The number of imidazole rings is 1. The fraction of sp³-hybridized carbons (Fsp3) is 0.167. The fourth-order valence-corrected chi connectivity index (χ4v) is 5.67. The zero-order valence-electron chi connectivity index (χ0n) is 20.2. The predicted octanol–water partition coefficient (Wildman–Crippen LogP) is 6.06. The van der Waals surface area contributed by atoms with Crippen molar-refractivity contribution in [2.45, 2.75) is 19.3 Å². The molecule has 2 aliphatic heterocycles. The highest BCUT2D eigenvalue weighted by Crippen LogP contribution is 2.45. The van der Waals surface area contributed by atoms with Gasteiger partial charge in [0.1, 0.15) is 0 Å². The van der Waals surface area contributed by atoms with Gasteiger partial charge in [0.05, 0.1) is 22.3 Å². The smallest absolute Gasteiger partial charge is 0.260 e. The van der Waals surface area contributed by atoms with Crippen LogP contribution in [-0.4, -0.2) is 34.9 Å². The average Bonchev–Trinajstić information content (AvgIpc) is 3.36. The highest BCUT2D eigenvalue weighted by atomic mass is 16.2. The first-order chi connectivity index (χ1) is 18.2. The number of para-hydroxylation sites is 3. The maximum Gasteiger partial charge on any atom is 0.260 e. The summed E-state index contributed by atoms with van der Waals surface area (Å²) in [4.78, 5) is 39.2. The van der Waals surface area contributed by atoms with Gasteiger partial charge in [0.2, 0.25) is 5.95 Å². The Morgan fingerprint density at radius 3 is 2.41 bits per heavy atom. The van der Waals surface area contributed by atoms with Crippen molar-refractivity contribution < 1.29 is 9.59 Å². The normalized spacial score (nSPS) is 15.3. The Labute approximate surface area is 213 Å². The van der Waals surface area contributed by atoms with Gasteiger partial charge >= 0.3 is 0 Å². The molecule has 0 radical (unpaired) electrons. The van der Waals surface area contributed by atoms with E-state index in [0.29, 0.717) is 28.1 Å². The number of anilines is 4. The van der Waals surface area contributed by atoms with Crippen LogP contribution >= 0.6 is 0 Å². The van der Waals surface area contributed by atoms with Crippen LogP contribution in [0.5, 0.6) is 0 Å². The van der Waals surface area contributed by atoms with Crippen molar-refractivity contribution in [3.8, 4) is 0 Å². The molecule has 0 unspecified atom stereocenters. The minimum atomic E-state index is -0.397. The third-order valence-electron chi connectivity index (χ3n) is 7.36. The van der Waals surface area contributed by atoms with Gasteiger partial charge in [-0.3, -0.25) is 19.8 Å². The molecule has 0 aliphatic carbocycles. The van der Waals surface area contributed by atoms with Crippen molar-refractivity contribution in [3.05, 3.63) is 90.0 Å². The number of nitrogens with one attached hydrogen (secondary N) is 2. The molecule has 0 spiro atoms. The quantitative estimate of drug-likeness (QED) is 0.301. The molecule has 1 fully saturated rings. The van der Waals surface area contributed by atoms with E-state index in [4.69, 9.17) is 4.98 Å². The maximum absolute atomic E-state index is 13.5. The summed E-state index contributed by atoms with van der Waals surface area (Å²) in [7, 11) is 0. The molecule has 37 heavy (non-hydrogen) atoms. The van der Waals surface area contributed by atoms with Gasteiger partial charge in [0, 0.05) is 40.8 Å². The molecule has 3 heterocycles. The lowest BCUT2D eigenvalue weighted by Crippen LogP contribution is -2.36. The lowest BCUT2D eigenvalue weighted by molar-refractivity contribution is 0.0845. The number of carbonyl (C=O) groups is 2. The molecule has 0 saturated carbocycles. The number of amides is 2. The van der Waals surface area contributed by atoms with Gasteiger partial charge in [-0.25, -0.2) is 4.98 Å². The summed E-state index contributed by atoms with van der Waals surface area (Å²) in [5.41, 5.74) is 5.34. The number of hydrogen-bond donors (Lipinski definition) is 2. The summed E-state index contributed by atoms with van der Waals surface area (Å²) in [5.74, 6) is -0.152. The van der Waals surface area contributed by atoms with E-state index in [-0.39, 0.29) is 5.91 Å². The van der Waals surface area contributed by atoms with Crippen molar-refractivity contribution >= 4 is 56.6 Å². The summed E-state index contributed by atoms with van der Waals surface area (Å²) in [6.07, 6.45) is 3.44. The van der Waals surface area contributed by atoms with Gasteiger partial charge in [-0.2, -0.15) is 0 Å². The van der Waals surface area contributed by atoms with E-state index in [0.717, 1.165) is 53.7 Å². The molecule has 5 aromatic rings. The second kappa shape index (κ2) is 8.48. The minimum Gasteiger partial charge on any atom is -0.371 e. The summed E-state index contributed by atoms with van der Waals surface area (Å²) in [6, 6.07) is 25.6. The van der Waals surface area contributed by atoms with Crippen molar-refractivity contribution in [1.82, 2.24) is 15.3 Å². The largest absolute Gasteiger partial charge is 0.371 e. The topological polar surface area (TPSA) is 81.3 Å². The number of piperidine rings is 1. The van der Waals surface area contributed by atoms with Crippen LogP contribution in [0.2, 0.25) is 0 Å². The highest BCUT2D eigenvalue weighted by molar-refractivity contribution is 6.29. The summed E-state index contributed by atoms with van der Waals surface area (Å²) < 4.78 is 0. The Morgan fingerprint density at radius 2 is 1.59 bits per heavy atom. The fourth-order valence-electron chi connectivity index (χ4n) is 5.67. The molecule has 7 nitrogen and oxygen atoms in total. The molecule has 2 N–H and O–H groups in total. The molecule has 2 amide bonds. The van der Waals surface area contributed by atoms with Crippen molar-refractivity contribution in [3.63, 3.8) is 0 Å². The molecule has 182 valence electrons. The Bertz CT molecular complexity index is 1650. The second-order valence-electron chi connectivity index (χ2n) is 9.60. The number of nitrogens with zero attached hydrogens (tertiary/aromatic N) is 3. The van der Waals surface area contributed by atoms with E-state index in [1.807, 2.05) is 71.6 Å². The zero-order chi connectivity index (χ0) is 24.9. The van der Waals surface area contributed by atoms with Gasteiger partial charge < -0.3 is 9.88 Å². The Balaban J connectivity index is 1.57. The predicted molar refractivity (Wildman–Crippen MR) is 146 cm³/mol. The SMILES string of the molecule is O=C1NC(=O)c2c(N(c3ccccc3)c3nc4ccccc4[nH]3)cc(N3CCCCC3)c3cccc1c23. The van der Waals surface area contributed by atoms with E-state index >= 15 is 0 Å². The number of carbonyl (C=O) groups excluding carboxylic acids is 2. The standard InChI is InChI=1S/C30H25N5O2/c36-28-21-13-9-12-20-24(34-16-7-2-8-17-34)18-25(27(26(20)21)29(37)33-28)35(19-10-3-1-4-11-19)30-31-22-14-5-6-15-23(22)32-30/h1,3-6,9-15,18H,2,7-8,16-17H2,(H,31,32)(H,33,36,37). The van der Waals surface area contributed by atoms with E-state index < -0.39 is 5.91 Å². The number of H-pyrrole nitrogens is 1. The van der Waals surface area contributed by atoms with E-state index in [1.165, 1.54) is 6.42 Å². The zero-order valence-corrected chi connectivity index (χ0v) is 20.2. The van der Waals surface area contributed by atoms with Crippen LogP contribution in [0.25, 0.3) is 21.8 Å². The van der Waals surface area contributed by atoms with Crippen LogP contribution in [-0.2, 0) is 0 Å². The lowest BCUT2D eigenvalue weighted by atomic mass is 9.91. The molecular formula is C30H25N5O2. The Morgan fingerprint density at radius 1 is 0.811 bits per heavy atom. The van der Waals surface area contributed by atoms with Gasteiger partial charge in [0.15, 0.2) is 0 Å². The summed E-state index contributed by atoms with van der Waals surface area (Å²) in [5, 5.41) is 4.20. The van der Waals surface area contributed by atoms with Crippen LogP contribution in [0.4, 0.5) is 23.0 Å². The molecule has 1 aromatic heterocycles. The molecule has 7 heteroatoms. The molecule has 0 bridgehead atoms. The number of imide groups is 1. The number of hydrogen-bond acceptors (Lipinski definition) is 5. The first-order valence-corrected chi connectivity index (χ1v) is 12.7. The van der Waals surface area contributed by atoms with Crippen LogP contribution in [0.15, 0.2) is 78.9 Å². The molecule has 2 aliphatic rings. The third-order valence-corrected chi connectivity index (χ3v) is 7.36. The van der Waals surface area contributed by atoms with Crippen LogP contribution < -0.4 is 15.1 Å². The first kappa shape index (κ1) is 21.6. The van der Waals surface area contributed by atoms with E-state index in [9.17, 15) is 9.59 Å². The monoisotopic (exact) mass is 487 g/mol.